The third-order valence-electron chi connectivity index (χ3n) is 4.98. The van der Waals surface area contributed by atoms with E-state index in [0.29, 0.717) is 19.1 Å². The molecule has 1 aromatic carbocycles. The average molecular weight is 347 g/mol. The van der Waals surface area contributed by atoms with Crippen molar-refractivity contribution in [1.29, 1.82) is 0 Å². The lowest BCUT2D eigenvalue weighted by molar-refractivity contribution is -0.127. The van der Waals surface area contributed by atoms with Gasteiger partial charge in [-0.25, -0.2) is 0 Å². The molecule has 1 atom stereocenters. The fourth-order valence-electron chi connectivity index (χ4n) is 3.46. The second-order valence-electron chi connectivity index (χ2n) is 6.90. The Kier molecular flexibility index (Phi) is 6.67. The Hall–Kier alpha value is -1.63. The number of β-amino-alcohol motifs (C(OH)–C–C–N with tert-alkyl or cyclic N) is 1. The van der Waals surface area contributed by atoms with Crippen molar-refractivity contribution in [2.45, 2.75) is 18.9 Å². The van der Waals surface area contributed by atoms with Crippen LogP contribution in [0.25, 0.3) is 0 Å². The van der Waals surface area contributed by atoms with Crippen molar-refractivity contribution in [3.8, 4) is 5.75 Å². The Balaban J connectivity index is 1.30. The van der Waals surface area contributed by atoms with Crippen LogP contribution in [0, 0.1) is 0 Å². The number of aliphatic hydroxyl groups is 1. The zero-order valence-electron chi connectivity index (χ0n) is 14.8. The van der Waals surface area contributed by atoms with Crippen molar-refractivity contribution in [2.24, 2.45) is 0 Å². The molecule has 0 saturated carbocycles. The van der Waals surface area contributed by atoms with Crippen molar-refractivity contribution >= 4 is 5.91 Å². The summed E-state index contributed by atoms with van der Waals surface area (Å²) in [6.07, 6.45) is 1.25. The molecule has 1 N–H and O–H groups in total. The first kappa shape index (κ1) is 18.2. The molecule has 6 nitrogen and oxygen atoms in total. The largest absolute Gasteiger partial charge is 0.491 e. The van der Waals surface area contributed by atoms with E-state index in [1.807, 2.05) is 35.2 Å². The summed E-state index contributed by atoms with van der Waals surface area (Å²) >= 11 is 0. The molecule has 2 aliphatic rings. The highest BCUT2D eigenvalue weighted by atomic mass is 16.5. The van der Waals surface area contributed by atoms with Crippen molar-refractivity contribution in [2.75, 3.05) is 59.0 Å². The van der Waals surface area contributed by atoms with E-state index >= 15 is 0 Å². The summed E-state index contributed by atoms with van der Waals surface area (Å²) in [5, 5.41) is 10.2. The molecule has 2 aliphatic heterocycles. The highest BCUT2D eigenvalue weighted by molar-refractivity contribution is 5.78. The fourth-order valence-corrected chi connectivity index (χ4v) is 3.46. The summed E-state index contributed by atoms with van der Waals surface area (Å²) in [4.78, 5) is 18.3. The maximum absolute atomic E-state index is 11.6. The number of hydrogen-bond donors (Lipinski definition) is 1. The van der Waals surface area contributed by atoms with Gasteiger partial charge >= 0.3 is 0 Å². The van der Waals surface area contributed by atoms with Crippen LogP contribution in [-0.2, 0) is 4.79 Å². The monoisotopic (exact) mass is 347 g/mol. The van der Waals surface area contributed by atoms with Crippen LogP contribution >= 0.6 is 0 Å². The van der Waals surface area contributed by atoms with Gasteiger partial charge in [0, 0.05) is 58.8 Å². The van der Waals surface area contributed by atoms with E-state index in [-0.39, 0.29) is 0 Å². The van der Waals surface area contributed by atoms with E-state index in [4.69, 9.17) is 4.74 Å². The van der Waals surface area contributed by atoms with E-state index in [2.05, 4.69) is 9.80 Å². The molecule has 1 aromatic rings. The number of likely N-dealkylation sites (tertiary alicyclic amines) is 1. The van der Waals surface area contributed by atoms with Gasteiger partial charge in [0.25, 0.3) is 0 Å². The molecule has 0 radical (unpaired) electrons. The molecular weight excluding hydrogens is 318 g/mol. The maximum atomic E-state index is 11.6. The highest BCUT2D eigenvalue weighted by Crippen LogP contribution is 2.11. The number of amides is 1. The van der Waals surface area contributed by atoms with E-state index in [9.17, 15) is 9.90 Å². The normalized spacial score (nSPS) is 20.8. The van der Waals surface area contributed by atoms with Gasteiger partial charge in [-0.05, 0) is 18.6 Å². The Morgan fingerprint density at radius 1 is 1.00 bits per heavy atom. The topological polar surface area (TPSA) is 56.3 Å². The van der Waals surface area contributed by atoms with Crippen LogP contribution in [0.5, 0.6) is 5.75 Å². The van der Waals surface area contributed by atoms with Crippen LogP contribution in [0.15, 0.2) is 30.3 Å². The molecule has 25 heavy (non-hydrogen) atoms. The predicted octanol–water partition coefficient (Wildman–Crippen LogP) is 0.666. The third kappa shape index (κ3) is 5.70. The van der Waals surface area contributed by atoms with E-state index in [0.717, 1.165) is 64.4 Å². The van der Waals surface area contributed by atoms with Gasteiger partial charge in [-0.3, -0.25) is 14.6 Å². The zero-order valence-corrected chi connectivity index (χ0v) is 14.8. The van der Waals surface area contributed by atoms with Crippen molar-refractivity contribution in [3.05, 3.63) is 30.3 Å². The summed E-state index contributed by atoms with van der Waals surface area (Å²) < 4.78 is 5.61. The Bertz CT molecular complexity index is 532. The molecule has 0 aromatic heterocycles. The molecule has 2 fully saturated rings. The highest BCUT2D eigenvalue weighted by Gasteiger charge is 2.23. The first-order valence-electron chi connectivity index (χ1n) is 9.29. The lowest BCUT2D eigenvalue weighted by Crippen LogP contribution is -2.50. The van der Waals surface area contributed by atoms with E-state index in [1.165, 1.54) is 0 Å². The number of piperazine rings is 1. The van der Waals surface area contributed by atoms with E-state index < -0.39 is 6.10 Å². The second kappa shape index (κ2) is 9.17. The van der Waals surface area contributed by atoms with Crippen molar-refractivity contribution < 1.29 is 14.6 Å². The first-order valence-corrected chi connectivity index (χ1v) is 9.29. The van der Waals surface area contributed by atoms with Gasteiger partial charge < -0.3 is 14.7 Å². The smallest absolute Gasteiger partial charge is 0.222 e. The number of para-hydroxylation sites is 1. The number of rotatable bonds is 8. The van der Waals surface area contributed by atoms with Crippen LogP contribution in [0.4, 0.5) is 0 Å². The number of carbonyl (C=O) groups is 1. The molecule has 1 amide bonds. The average Bonchev–Trinajstić information content (AvgIpc) is 3.05. The lowest BCUT2D eigenvalue weighted by atomic mass is 10.2. The number of carbonyl (C=O) groups excluding carboxylic acids is 1. The zero-order chi connectivity index (χ0) is 17.5. The Labute approximate surface area is 150 Å². The number of ether oxygens (including phenoxy) is 1. The molecule has 0 bridgehead atoms. The minimum atomic E-state index is -0.478. The minimum Gasteiger partial charge on any atom is -0.491 e. The SMILES string of the molecule is O=C1CCCN1CCN1CCN(C[C@H](O)COc2ccccc2)CC1. The summed E-state index contributed by atoms with van der Waals surface area (Å²) in [6.45, 7) is 7.60. The number of nitrogens with zero attached hydrogens (tertiary/aromatic N) is 3. The molecular formula is C19H29N3O3. The van der Waals surface area contributed by atoms with Crippen LogP contribution in [0.2, 0.25) is 0 Å². The fraction of sp³-hybridized carbons (Fsp3) is 0.632. The maximum Gasteiger partial charge on any atom is 0.222 e. The first-order chi connectivity index (χ1) is 12.2. The second-order valence-corrected chi connectivity index (χ2v) is 6.90. The van der Waals surface area contributed by atoms with Gasteiger partial charge in [-0.2, -0.15) is 0 Å². The number of benzene rings is 1. The van der Waals surface area contributed by atoms with Gasteiger partial charge in [-0.15, -0.1) is 0 Å². The Morgan fingerprint density at radius 2 is 1.72 bits per heavy atom. The molecule has 0 aliphatic carbocycles. The standard InChI is InChI=1S/C19H29N3O3/c23-17(16-25-18-5-2-1-3-6-18)15-21-11-9-20(10-12-21)13-14-22-8-4-7-19(22)24/h1-3,5-6,17,23H,4,7-16H2/t17-/m0/s1. The van der Waals surface area contributed by atoms with Crippen LogP contribution in [0.3, 0.4) is 0 Å². The summed E-state index contributed by atoms with van der Waals surface area (Å²) in [5.74, 6) is 1.10. The molecule has 6 heteroatoms. The number of aliphatic hydroxyl groups excluding tert-OH is 1. The molecule has 0 spiro atoms. The van der Waals surface area contributed by atoms with Gasteiger partial charge in [0.05, 0.1) is 0 Å². The van der Waals surface area contributed by atoms with Crippen LogP contribution < -0.4 is 4.74 Å². The lowest BCUT2D eigenvalue weighted by Gasteiger charge is -2.36. The molecule has 2 heterocycles. The summed E-state index contributed by atoms with van der Waals surface area (Å²) in [5.41, 5.74) is 0. The van der Waals surface area contributed by atoms with Crippen LogP contribution in [0.1, 0.15) is 12.8 Å². The number of hydrogen-bond acceptors (Lipinski definition) is 5. The van der Waals surface area contributed by atoms with Gasteiger partial charge in [0.2, 0.25) is 5.91 Å². The van der Waals surface area contributed by atoms with Gasteiger partial charge in [0.15, 0.2) is 0 Å². The van der Waals surface area contributed by atoms with Gasteiger partial charge in [-0.1, -0.05) is 18.2 Å². The van der Waals surface area contributed by atoms with Crippen molar-refractivity contribution in [3.63, 3.8) is 0 Å². The van der Waals surface area contributed by atoms with Gasteiger partial charge in [0.1, 0.15) is 18.5 Å². The molecule has 138 valence electrons. The molecule has 3 rings (SSSR count). The molecule has 2 saturated heterocycles. The summed E-state index contributed by atoms with van der Waals surface area (Å²) in [6, 6.07) is 9.60. The minimum absolute atomic E-state index is 0.306. The van der Waals surface area contributed by atoms with E-state index in [1.54, 1.807) is 0 Å². The Morgan fingerprint density at radius 3 is 2.40 bits per heavy atom. The third-order valence-corrected chi connectivity index (χ3v) is 4.98. The summed E-state index contributed by atoms with van der Waals surface area (Å²) in [7, 11) is 0. The quantitative estimate of drug-likeness (QED) is 0.749. The van der Waals surface area contributed by atoms with Crippen molar-refractivity contribution in [1.82, 2.24) is 14.7 Å². The van der Waals surface area contributed by atoms with Crippen LogP contribution in [-0.4, -0.2) is 90.8 Å². The molecule has 0 unspecified atom stereocenters. The predicted molar refractivity (Wildman–Crippen MR) is 96.6 cm³/mol.